The van der Waals surface area contributed by atoms with Gasteiger partial charge in [0.1, 0.15) is 0 Å². The van der Waals surface area contributed by atoms with Crippen LogP contribution in [-0.4, -0.2) is 41.4 Å². The molecule has 24 heavy (non-hydrogen) atoms. The number of hydrogen-bond acceptors (Lipinski definition) is 6. The van der Waals surface area contributed by atoms with Crippen molar-refractivity contribution in [3.8, 4) is 11.5 Å². The molecule has 5 nitrogen and oxygen atoms in total. The number of fused-ring (bicyclic) bond motifs is 1. The average Bonchev–Trinajstić information content (AvgIpc) is 2.62. The topological polar surface area (TPSA) is 47.5 Å². The molecule has 0 atom stereocenters. The number of benzene rings is 1. The largest absolute Gasteiger partial charge is 0.493 e. The van der Waals surface area contributed by atoms with Crippen LogP contribution in [0.2, 0.25) is 0 Å². The smallest absolute Gasteiger partial charge is 0.187 e. The highest BCUT2D eigenvalue weighted by Crippen LogP contribution is 2.32. The zero-order valence-electron chi connectivity index (χ0n) is 14.4. The summed E-state index contributed by atoms with van der Waals surface area (Å²) in [7, 11) is 1.68. The van der Waals surface area contributed by atoms with Crippen LogP contribution < -0.4 is 9.47 Å². The third-order valence-electron chi connectivity index (χ3n) is 4.14. The van der Waals surface area contributed by atoms with Crippen molar-refractivity contribution in [3.63, 3.8) is 0 Å². The normalized spacial score (nSPS) is 14.3. The molecule has 3 rings (SSSR count). The molecule has 0 spiro atoms. The van der Waals surface area contributed by atoms with E-state index in [9.17, 15) is 0 Å². The summed E-state index contributed by atoms with van der Waals surface area (Å²) < 4.78 is 11.3. The van der Waals surface area contributed by atoms with Gasteiger partial charge in [-0.15, -0.1) is 0 Å². The number of hydrogen-bond donors (Lipinski definition) is 0. The van der Waals surface area contributed by atoms with Gasteiger partial charge in [-0.25, -0.2) is 9.97 Å². The van der Waals surface area contributed by atoms with E-state index in [0.717, 1.165) is 48.3 Å². The van der Waals surface area contributed by atoms with Crippen LogP contribution in [0.4, 0.5) is 0 Å². The van der Waals surface area contributed by atoms with E-state index < -0.39 is 0 Å². The van der Waals surface area contributed by atoms with E-state index in [1.807, 2.05) is 31.5 Å². The summed E-state index contributed by atoms with van der Waals surface area (Å²) in [6, 6.07) is 6.07. The van der Waals surface area contributed by atoms with Crippen molar-refractivity contribution in [2.24, 2.45) is 0 Å². The summed E-state index contributed by atoms with van der Waals surface area (Å²) in [6.45, 7) is 5.30. The Labute approximate surface area is 147 Å². The molecule has 0 bridgehead atoms. The third-order valence-corrected chi connectivity index (χ3v) is 4.70. The van der Waals surface area contributed by atoms with E-state index in [2.05, 4.69) is 20.9 Å². The number of rotatable bonds is 6. The van der Waals surface area contributed by atoms with Gasteiger partial charge in [0.05, 0.1) is 19.4 Å². The molecule has 6 heteroatoms. The summed E-state index contributed by atoms with van der Waals surface area (Å²) in [6.07, 6.45) is 4.93. The van der Waals surface area contributed by atoms with Crippen molar-refractivity contribution >= 4 is 11.8 Å². The molecule has 2 aromatic rings. The number of methoxy groups -OCH3 is 1. The van der Waals surface area contributed by atoms with Gasteiger partial charge in [-0.3, -0.25) is 4.90 Å². The lowest BCUT2D eigenvalue weighted by Gasteiger charge is -2.28. The summed E-state index contributed by atoms with van der Waals surface area (Å²) in [5.74, 6) is 1.64. The summed E-state index contributed by atoms with van der Waals surface area (Å²) >= 11 is 1.59. The standard InChI is InChI=1S/C18H23N3O2S/c1-4-23-17-13(6-5-7-16(17)22-2)11-21-9-8-15-14(12-21)10-19-18(20-15)24-3/h5-7,10H,4,8-9,11-12H2,1-3H3. The lowest BCUT2D eigenvalue weighted by Crippen LogP contribution is -2.31. The fourth-order valence-corrected chi connectivity index (χ4v) is 3.34. The molecule has 0 amide bonds. The molecule has 128 valence electrons. The first-order valence-corrected chi connectivity index (χ1v) is 9.37. The fourth-order valence-electron chi connectivity index (χ4n) is 2.99. The second kappa shape index (κ2) is 7.85. The van der Waals surface area contributed by atoms with Gasteiger partial charge in [-0.05, 0) is 19.2 Å². The predicted octanol–water partition coefficient (Wildman–Crippen LogP) is 3.16. The van der Waals surface area contributed by atoms with Crippen molar-refractivity contribution in [1.82, 2.24) is 14.9 Å². The maximum absolute atomic E-state index is 5.82. The van der Waals surface area contributed by atoms with Crippen LogP contribution in [0, 0.1) is 0 Å². The van der Waals surface area contributed by atoms with Gasteiger partial charge < -0.3 is 9.47 Å². The van der Waals surface area contributed by atoms with Crippen LogP contribution in [0.3, 0.4) is 0 Å². The number of aromatic nitrogens is 2. The quantitative estimate of drug-likeness (QED) is 0.592. The Morgan fingerprint density at radius 3 is 2.96 bits per heavy atom. The number of thioether (sulfide) groups is 1. The highest BCUT2D eigenvalue weighted by atomic mass is 32.2. The molecule has 0 saturated carbocycles. The van der Waals surface area contributed by atoms with E-state index in [-0.39, 0.29) is 0 Å². The first kappa shape index (κ1) is 17.0. The molecule has 0 aliphatic carbocycles. The third kappa shape index (κ3) is 3.65. The summed E-state index contributed by atoms with van der Waals surface area (Å²) in [5.41, 5.74) is 3.56. The Bertz CT molecular complexity index is 709. The number of ether oxygens (including phenoxy) is 2. The van der Waals surface area contributed by atoms with Crippen LogP contribution in [0.5, 0.6) is 11.5 Å². The van der Waals surface area contributed by atoms with E-state index in [1.165, 1.54) is 11.3 Å². The highest BCUT2D eigenvalue weighted by molar-refractivity contribution is 7.98. The molecule has 1 aromatic carbocycles. The molecule has 1 aromatic heterocycles. The molecular weight excluding hydrogens is 322 g/mol. The van der Waals surface area contributed by atoms with Gasteiger partial charge in [0.15, 0.2) is 16.7 Å². The average molecular weight is 345 g/mol. The first-order valence-electron chi connectivity index (χ1n) is 8.15. The minimum atomic E-state index is 0.626. The second-order valence-electron chi connectivity index (χ2n) is 5.67. The molecule has 1 aliphatic rings. The Hall–Kier alpha value is -1.79. The first-order chi connectivity index (χ1) is 11.7. The monoisotopic (exact) mass is 345 g/mol. The van der Waals surface area contributed by atoms with Crippen molar-refractivity contribution in [3.05, 3.63) is 41.2 Å². The Morgan fingerprint density at radius 2 is 2.21 bits per heavy atom. The lowest BCUT2D eigenvalue weighted by molar-refractivity contribution is 0.234. The molecule has 0 unspecified atom stereocenters. The van der Waals surface area contributed by atoms with E-state index >= 15 is 0 Å². The number of nitrogens with zero attached hydrogens (tertiary/aromatic N) is 3. The maximum Gasteiger partial charge on any atom is 0.187 e. The van der Waals surface area contributed by atoms with Gasteiger partial charge in [0.25, 0.3) is 0 Å². The molecule has 0 N–H and O–H groups in total. The molecule has 0 saturated heterocycles. The van der Waals surface area contributed by atoms with Gasteiger partial charge in [0, 0.05) is 43.4 Å². The predicted molar refractivity (Wildman–Crippen MR) is 95.8 cm³/mol. The van der Waals surface area contributed by atoms with Crippen molar-refractivity contribution < 1.29 is 9.47 Å². The minimum Gasteiger partial charge on any atom is -0.493 e. The minimum absolute atomic E-state index is 0.626. The molecule has 2 heterocycles. The van der Waals surface area contributed by atoms with Gasteiger partial charge in [-0.2, -0.15) is 0 Å². The fraction of sp³-hybridized carbons (Fsp3) is 0.444. The van der Waals surface area contributed by atoms with E-state index in [4.69, 9.17) is 9.47 Å². The van der Waals surface area contributed by atoms with Gasteiger partial charge in [0.2, 0.25) is 0 Å². The molecule has 0 radical (unpaired) electrons. The Kier molecular flexibility index (Phi) is 5.58. The van der Waals surface area contributed by atoms with Crippen LogP contribution in [0.15, 0.2) is 29.6 Å². The van der Waals surface area contributed by atoms with Crippen molar-refractivity contribution in [2.45, 2.75) is 31.6 Å². The van der Waals surface area contributed by atoms with Gasteiger partial charge >= 0.3 is 0 Å². The molecule has 1 aliphatic heterocycles. The molecular formula is C18H23N3O2S. The summed E-state index contributed by atoms with van der Waals surface area (Å²) in [4.78, 5) is 11.4. The SMILES string of the molecule is CCOc1c(CN2CCc3nc(SC)ncc3C2)cccc1OC. The number of para-hydroxylation sites is 1. The highest BCUT2D eigenvalue weighted by Gasteiger charge is 2.20. The van der Waals surface area contributed by atoms with E-state index in [0.29, 0.717) is 6.61 Å². The maximum atomic E-state index is 5.82. The van der Waals surface area contributed by atoms with Crippen LogP contribution in [-0.2, 0) is 19.5 Å². The summed E-state index contributed by atoms with van der Waals surface area (Å²) in [5, 5.41) is 0.855. The Balaban J connectivity index is 1.77. The van der Waals surface area contributed by atoms with Crippen molar-refractivity contribution in [1.29, 1.82) is 0 Å². The Morgan fingerprint density at radius 1 is 1.33 bits per heavy atom. The lowest BCUT2D eigenvalue weighted by atomic mass is 10.1. The van der Waals surface area contributed by atoms with Crippen molar-refractivity contribution in [2.75, 3.05) is 26.5 Å². The molecule has 0 fully saturated rings. The van der Waals surface area contributed by atoms with Crippen LogP contribution in [0.1, 0.15) is 23.7 Å². The van der Waals surface area contributed by atoms with Gasteiger partial charge in [-0.1, -0.05) is 23.9 Å². The zero-order valence-corrected chi connectivity index (χ0v) is 15.2. The zero-order chi connectivity index (χ0) is 16.9. The second-order valence-corrected chi connectivity index (χ2v) is 6.44. The van der Waals surface area contributed by atoms with Crippen LogP contribution >= 0.6 is 11.8 Å². The van der Waals surface area contributed by atoms with Crippen LogP contribution in [0.25, 0.3) is 0 Å². The van der Waals surface area contributed by atoms with E-state index in [1.54, 1.807) is 18.9 Å².